The summed E-state index contributed by atoms with van der Waals surface area (Å²) in [6, 6.07) is 14.4. The van der Waals surface area contributed by atoms with Crippen LogP contribution in [0.15, 0.2) is 64.9 Å². The first-order valence-corrected chi connectivity index (χ1v) is 12.5. The summed E-state index contributed by atoms with van der Waals surface area (Å²) in [4.78, 5) is 19.6. The van der Waals surface area contributed by atoms with Gasteiger partial charge in [-0.25, -0.2) is 13.4 Å². The Morgan fingerprint density at radius 3 is 2.42 bits per heavy atom. The van der Waals surface area contributed by atoms with Crippen molar-refractivity contribution in [3.63, 3.8) is 0 Å². The zero-order valence-corrected chi connectivity index (χ0v) is 18.6. The SMILES string of the molecule is O=C(Nc1nc(CN2CCCCC2)cs1)c1ccc(NS(=O)(=O)c2ccccc2)cc1. The topological polar surface area (TPSA) is 91.4 Å². The molecule has 0 radical (unpaired) electrons. The van der Waals surface area contributed by atoms with E-state index in [2.05, 4.69) is 19.9 Å². The normalized spacial score (nSPS) is 14.8. The number of hydrogen-bond donors (Lipinski definition) is 2. The van der Waals surface area contributed by atoms with Gasteiger partial charge in [0, 0.05) is 23.2 Å². The number of amides is 1. The number of anilines is 2. The summed E-state index contributed by atoms with van der Waals surface area (Å²) in [6.45, 7) is 3.00. The van der Waals surface area contributed by atoms with E-state index in [1.807, 2.05) is 5.38 Å². The van der Waals surface area contributed by atoms with Gasteiger partial charge in [0.25, 0.3) is 15.9 Å². The molecule has 0 atom stereocenters. The molecule has 2 heterocycles. The van der Waals surface area contributed by atoms with Gasteiger partial charge in [-0.1, -0.05) is 24.6 Å². The minimum Gasteiger partial charge on any atom is -0.298 e. The van der Waals surface area contributed by atoms with Gasteiger partial charge in [-0.2, -0.15) is 0 Å². The number of piperidine rings is 1. The predicted octanol–water partition coefficient (Wildman–Crippen LogP) is 4.18. The molecule has 7 nitrogen and oxygen atoms in total. The van der Waals surface area contributed by atoms with Gasteiger partial charge < -0.3 is 0 Å². The maximum Gasteiger partial charge on any atom is 0.261 e. The number of rotatable bonds is 7. The number of aromatic nitrogens is 1. The number of likely N-dealkylation sites (tertiary alicyclic amines) is 1. The third-order valence-corrected chi connectivity index (χ3v) is 7.26. The number of hydrogen-bond acceptors (Lipinski definition) is 6. The summed E-state index contributed by atoms with van der Waals surface area (Å²) in [6.07, 6.45) is 3.75. The van der Waals surface area contributed by atoms with Crippen molar-refractivity contribution >= 4 is 38.1 Å². The van der Waals surface area contributed by atoms with Crippen LogP contribution in [0.4, 0.5) is 10.8 Å². The van der Waals surface area contributed by atoms with E-state index in [4.69, 9.17) is 0 Å². The molecule has 1 fully saturated rings. The van der Waals surface area contributed by atoms with E-state index >= 15 is 0 Å². The number of carbonyl (C=O) groups excluding carboxylic acids is 1. The van der Waals surface area contributed by atoms with Gasteiger partial charge in [0.05, 0.1) is 10.6 Å². The number of carbonyl (C=O) groups is 1. The van der Waals surface area contributed by atoms with Crippen LogP contribution in [0.25, 0.3) is 0 Å². The average molecular weight is 457 g/mol. The monoisotopic (exact) mass is 456 g/mol. The lowest BCUT2D eigenvalue weighted by Crippen LogP contribution is -2.29. The second kappa shape index (κ2) is 9.59. The Labute approximate surface area is 186 Å². The highest BCUT2D eigenvalue weighted by Gasteiger charge is 2.15. The zero-order valence-electron chi connectivity index (χ0n) is 17.0. The standard InChI is InChI=1S/C22H24N4O3S2/c27-21(24-22-23-19(16-30-22)15-26-13-5-2-6-14-26)17-9-11-18(12-10-17)25-31(28,29)20-7-3-1-4-8-20/h1,3-4,7-12,16,25H,2,5-6,13-15H2,(H,23,24,27). The molecule has 0 saturated carbocycles. The molecule has 2 aromatic carbocycles. The van der Waals surface area contributed by atoms with E-state index in [-0.39, 0.29) is 10.8 Å². The maximum atomic E-state index is 12.5. The Morgan fingerprint density at radius 2 is 1.71 bits per heavy atom. The lowest BCUT2D eigenvalue weighted by molar-refractivity contribution is 0.102. The number of sulfonamides is 1. The highest BCUT2D eigenvalue weighted by Crippen LogP contribution is 2.21. The van der Waals surface area contributed by atoms with E-state index in [1.165, 1.54) is 42.7 Å². The average Bonchev–Trinajstić information content (AvgIpc) is 3.22. The molecular weight excluding hydrogens is 432 g/mol. The molecule has 0 unspecified atom stereocenters. The van der Waals surface area contributed by atoms with Crippen LogP contribution in [0.3, 0.4) is 0 Å². The van der Waals surface area contributed by atoms with Gasteiger partial charge in [0.15, 0.2) is 5.13 Å². The Balaban J connectivity index is 1.35. The van der Waals surface area contributed by atoms with E-state index in [1.54, 1.807) is 42.5 Å². The summed E-state index contributed by atoms with van der Waals surface area (Å²) in [5.41, 5.74) is 1.78. The van der Waals surface area contributed by atoms with E-state index in [0.29, 0.717) is 16.4 Å². The zero-order chi connectivity index (χ0) is 21.7. The highest BCUT2D eigenvalue weighted by atomic mass is 32.2. The molecule has 1 saturated heterocycles. The Morgan fingerprint density at radius 1 is 1.00 bits per heavy atom. The molecular formula is C22H24N4O3S2. The van der Waals surface area contributed by atoms with Crippen LogP contribution in [0.5, 0.6) is 0 Å². The van der Waals surface area contributed by atoms with Gasteiger partial charge in [-0.3, -0.25) is 19.7 Å². The highest BCUT2D eigenvalue weighted by molar-refractivity contribution is 7.92. The molecule has 4 rings (SSSR count). The number of benzene rings is 2. The quantitative estimate of drug-likeness (QED) is 0.556. The molecule has 1 aliphatic rings. The summed E-state index contributed by atoms with van der Waals surface area (Å²) >= 11 is 1.41. The van der Waals surface area contributed by atoms with Crippen LogP contribution in [0, 0.1) is 0 Å². The lowest BCUT2D eigenvalue weighted by Gasteiger charge is -2.25. The Kier molecular flexibility index (Phi) is 6.64. The first-order chi connectivity index (χ1) is 15.0. The van der Waals surface area contributed by atoms with Crippen molar-refractivity contribution in [2.75, 3.05) is 23.1 Å². The second-order valence-electron chi connectivity index (χ2n) is 7.43. The molecule has 162 valence electrons. The fraction of sp³-hybridized carbons (Fsp3) is 0.273. The van der Waals surface area contributed by atoms with Crippen LogP contribution in [0.1, 0.15) is 35.3 Å². The summed E-state index contributed by atoms with van der Waals surface area (Å²) in [7, 11) is -3.67. The molecule has 0 bridgehead atoms. The molecule has 2 N–H and O–H groups in total. The molecule has 1 aromatic heterocycles. The van der Waals surface area contributed by atoms with Gasteiger partial charge >= 0.3 is 0 Å². The Bertz CT molecular complexity index is 1120. The van der Waals surface area contributed by atoms with E-state index in [0.717, 1.165) is 25.3 Å². The van der Waals surface area contributed by atoms with E-state index < -0.39 is 10.0 Å². The summed E-state index contributed by atoms with van der Waals surface area (Å²) in [5, 5.41) is 5.36. The van der Waals surface area contributed by atoms with Crippen molar-refractivity contribution in [1.82, 2.24) is 9.88 Å². The first-order valence-electron chi connectivity index (χ1n) is 10.2. The minimum absolute atomic E-state index is 0.181. The van der Waals surface area contributed by atoms with Gasteiger partial charge in [0.1, 0.15) is 0 Å². The molecule has 1 aliphatic heterocycles. The first kappa shape index (κ1) is 21.5. The van der Waals surface area contributed by atoms with Crippen LogP contribution < -0.4 is 10.0 Å². The summed E-state index contributed by atoms with van der Waals surface area (Å²) in [5.74, 6) is -0.281. The maximum absolute atomic E-state index is 12.5. The van der Waals surface area contributed by atoms with E-state index in [9.17, 15) is 13.2 Å². The minimum atomic E-state index is -3.67. The van der Waals surface area contributed by atoms with Crippen LogP contribution >= 0.6 is 11.3 Å². The molecule has 0 aliphatic carbocycles. The summed E-state index contributed by atoms with van der Waals surface area (Å²) < 4.78 is 27.3. The lowest BCUT2D eigenvalue weighted by atomic mass is 10.1. The van der Waals surface area contributed by atoms with Crippen LogP contribution in [-0.2, 0) is 16.6 Å². The largest absolute Gasteiger partial charge is 0.298 e. The van der Waals surface area contributed by atoms with Crippen molar-refractivity contribution in [3.8, 4) is 0 Å². The van der Waals surface area contributed by atoms with Crippen molar-refractivity contribution in [1.29, 1.82) is 0 Å². The molecule has 0 spiro atoms. The number of nitrogens with one attached hydrogen (secondary N) is 2. The van der Waals surface area contributed by atoms with Crippen molar-refractivity contribution in [2.24, 2.45) is 0 Å². The van der Waals surface area contributed by atoms with Gasteiger partial charge in [0.2, 0.25) is 0 Å². The predicted molar refractivity (Wildman–Crippen MR) is 123 cm³/mol. The van der Waals surface area contributed by atoms with Crippen molar-refractivity contribution < 1.29 is 13.2 Å². The number of thiazole rings is 1. The van der Waals surface area contributed by atoms with Gasteiger partial charge in [-0.05, 0) is 62.3 Å². The number of nitrogens with zero attached hydrogens (tertiary/aromatic N) is 2. The smallest absolute Gasteiger partial charge is 0.261 e. The third kappa shape index (κ3) is 5.69. The molecule has 1 amide bonds. The fourth-order valence-electron chi connectivity index (χ4n) is 3.46. The third-order valence-electron chi connectivity index (χ3n) is 5.06. The van der Waals surface area contributed by atoms with Crippen LogP contribution in [0.2, 0.25) is 0 Å². The van der Waals surface area contributed by atoms with Crippen LogP contribution in [-0.4, -0.2) is 37.3 Å². The second-order valence-corrected chi connectivity index (χ2v) is 9.97. The van der Waals surface area contributed by atoms with Crippen molar-refractivity contribution in [3.05, 3.63) is 71.2 Å². The molecule has 31 heavy (non-hydrogen) atoms. The Hall–Kier alpha value is -2.75. The molecule has 3 aromatic rings. The van der Waals surface area contributed by atoms with Crippen molar-refractivity contribution in [2.45, 2.75) is 30.7 Å². The van der Waals surface area contributed by atoms with Gasteiger partial charge in [-0.15, -0.1) is 11.3 Å². The molecule has 9 heteroatoms. The fourth-order valence-corrected chi connectivity index (χ4v) is 5.23.